The standard InChI is InChI=1S/C9H12/c1-6-2-3-7-8(6)9(7)4-5-9/h6H,2-5H2,1H3/t6-/m0/s1. The number of hydrogen-bond acceptors (Lipinski definition) is 0. The van der Waals surface area contributed by atoms with Gasteiger partial charge in [0, 0.05) is 5.41 Å². The summed E-state index contributed by atoms with van der Waals surface area (Å²) in [6, 6.07) is 0. The van der Waals surface area contributed by atoms with Crippen LogP contribution in [0.4, 0.5) is 0 Å². The SMILES string of the molecule is C[C@H]1CCC2=C1C21CC1. The summed E-state index contributed by atoms with van der Waals surface area (Å²) >= 11 is 0. The van der Waals surface area contributed by atoms with Gasteiger partial charge in [-0.25, -0.2) is 0 Å². The van der Waals surface area contributed by atoms with Crippen LogP contribution in [0, 0.1) is 11.3 Å². The van der Waals surface area contributed by atoms with Gasteiger partial charge in [0.1, 0.15) is 0 Å². The number of allylic oxidation sites excluding steroid dienone is 2. The first-order valence-electron chi connectivity index (χ1n) is 4.08. The van der Waals surface area contributed by atoms with Gasteiger partial charge < -0.3 is 0 Å². The van der Waals surface area contributed by atoms with Gasteiger partial charge >= 0.3 is 0 Å². The van der Waals surface area contributed by atoms with Crippen LogP contribution in [0.2, 0.25) is 0 Å². The zero-order valence-corrected chi connectivity index (χ0v) is 5.91. The van der Waals surface area contributed by atoms with E-state index >= 15 is 0 Å². The predicted octanol–water partition coefficient (Wildman–Crippen LogP) is 2.51. The maximum absolute atomic E-state index is 2.40. The molecule has 48 valence electrons. The summed E-state index contributed by atoms with van der Waals surface area (Å²) in [5, 5.41) is 0. The highest BCUT2D eigenvalue weighted by Crippen LogP contribution is 2.76. The first-order valence-corrected chi connectivity index (χ1v) is 4.08. The maximum Gasteiger partial charge on any atom is 0.0130 e. The van der Waals surface area contributed by atoms with E-state index < -0.39 is 0 Å². The van der Waals surface area contributed by atoms with Crippen LogP contribution in [0.15, 0.2) is 11.1 Å². The largest absolute Gasteiger partial charge is 0.0595 e. The Bertz CT molecular complexity index is 206. The molecule has 0 heteroatoms. The van der Waals surface area contributed by atoms with Gasteiger partial charge in [-0.3, -0.25) is 0 Å². The summed E-state index contributed by atoms with van der Waals surface area (Å²) in [6.45, 7) is 2.40. The van der Waals surface area contributed by atoms with Gasteiger partial charge in [0.15, 0.2) is 0 Å². The highest BCUT2D eigenvalue weighted by Gasteiger charge is 2.64. The lowest BCUT2D eigenvalue weighted by Gasteiger charge is -2.07. The molecule has 0 saturated heterocycles. The average molecular weight is 120 g/mol. The molecule has 0 amide bonds. The molecule has 1 spiro atoms. The predicted molar refractivity (Wildman–Crippen MR) is 37.1 cm³/mol. The van der Waals surface area contributed by atoms with E-state index in [2.05, 4.69) is 6.92 Å². The van der Waals surface area contributed by atoms with E-state index in [1.807, 2.05) is 11.1 Å². The summed E-state index contributed by atoms with van der Waals surface area (Å²) in [5.74, 6) is 0.975. The van der Waals surface area contributed by atoms with E-state index in [0.29, 0.717) is 0 Å². The van der Waals surface area contributed by atoms with E-state index in [9.17, 15) is 0 Å². The van der Waals surface area contributed by atoms with Crippen LogP contribution in [0.25, 0.3) is 0 Å². The molecule has 9 heavy (non-hydrogen) atoms. The average Bonchev–Trinajstić information content (AvgIpc) is 2.69. The van der Waals surface area contributed by atoms with Gasteiger partial charge in [0.25, 0.3) is 0 Å². The van der Waals surface area contributed by atoms with Crippen molar-refractivity contribution in [3.8, 4) is 0 Å². The highest BCUT2D eigenvalue weighted by molar-refractivity contribution is 5.58. The zero-order valence-electron chi connectivity index (χ0n) is 5.91. The Morgan fingerprint density at radius 1 is 1.44 bits per heavy atom. The Labute approximate surface area is 56.0 Å². The van der Waals surface area contributed by atoms with Gasteiger partial charge in [-0.2, -0.15) is 0 Å². The fraction of sp³-hybridized carbons (Fsp3) is 0.778. The topological polar surface area (TPSA) is 0 Å². The van der Waals surface area contributed by atoms with Crippen molar-refractivity contribution in [2.45, 2.75) is 32.6 Å². The molecule has 0 N–H and O–H groups in total. The summed E-state index contributed by atoms with van der Waals surface area (Å²) in [6.07, 6.45) is 5.95. The van der Waals surface area contributed by atoms with E-state index in [-0.39, 0.29) is 0 Å². The van der Waals surface area contributed by atoms with Crippen LogP contribution in [-0.2, 0) is 0 Å². The lowest BCUT2D eigenvalue weighted by molar-refractivity contribution is 0.579. The van der Waals surface area contributed by atoms with Gasteiger partial charge in [-0.15, -0.1) is 0 Å². The van der Waals surface area contributed by atoms with Gasteiger partial charge in [-0.1, -0.05) is 18.1 Å². The van der Waals surface area contributed by atoms with Crippen molar-refractivity contribution >= 4 is 0 Å². The third kappa shape index (κ3) is 0.331. The number of fused-ring (bicyclic) bond motifs is 2. The first kappa shape index (κ1) is 4.54. The molecule has 1 fully saturated rings. The van der Waals surface area contributed by atoms with Crippen molar-refractivity contribution in [1.29, 1.82) is 0 Å². The van der Waals surface area contributed by atoms with Crippen LogP contribution in [-0.4, -0.2) is 0 Å². The second-order valence-corrected chi connectivity index (χ2v) is 3.91. The Kier molecular flexibility index (Phi) is 0.505. The Morgan fingerprint density at radius 3 is 2.56 bits per heavy atom. The third-order valence-electron chi connectivity index (χ3n) is 3.43. The molecule has 0 aliphatic heterocycles. The first-order chi connectivity index (χ1) is 4.34. The van der Waals surface area contributed by atoms with Crippen molar-refractivity contribution in [1.82, 2.24) is 0 Å². The van der Waals surface area contributed by atoms with Crippen LogP contribution < -0.4 is 0 Å². The minimum atomic E-state index is 0.817. The molecule has 0 heterocycles. The Hall–Kier alpha value is -0.260. The summed E-state index contributed by atoms with van der Waals surface area (Å²) in [5.41, 5.74) is 4.59. The molecule has 1 saturated carbocycles. The Morgan fingerprint density at radius 2 is 2.22 bits per heavy atom. The van der Waals surface area contributed by atoms with Crippen LogP contribution in [0.5, 0.6) is 0 Å². The second kappa shape index (κ2) is 1.00. The smallest absolute Gasteiger partial charge is 0.0130 e. The van der Waals surface area contributed by atoms with Crippen molar-refractivity contribution in [3.05, 3.63) is 11.1 Å². The zero-order chi connectivity index (χ0) is 6.06. The normalized spacial score (nSPS) is 41.7. The molecule has 0 bridgehead atoms. The van der Waals surface area contributed by atoms with E-state index in [1.165, 1.54) is 25.7 Å². The third-order valence-corrected chi connectivity index (χ3v) is 3.43. The summed E-state index contributed by atoms with van der Waals surface area (Å²) in [7, 11) is 0. The van der Waals surface area contributed by atoms with Crippen molar-refractivity contribution in [3.63, 3.8) is 0 Å². The van der Waals surface area contributed by atoms with Gasteiger partial charge in [0.05, 0.1) is 0 Å². The molecule has 3 rings (SSSR count). The van der Waals surface area contributed by atoms with Gasteiger partial charge in [-0.05, 0) is 31.6 Å². The molecule has 0 nitrogen and oxygen atoms in total. The van der Waals surface area contributed by atoms with Crippen LogP contribution in [0.1, 0.15) is 32.6 Å². The lowest BCUT2D eigenvalue weighted by Crippen LogP contribution is -1.96. The number of hydrogen-bond donors (Lipinski definition) is 0. The molecule has 0 aromatic heterocycles. The monoisotopic (exact) mass is 120 g/mol. The van der Waals surface area contributed by atoms with Crippen LogP contribution >= 0.6 is 0 Å². The summed E-state index contributed by atoms with van der Waals surface area (Å²) in [4.78, 5) is 0. The molecular formula is C9H12. The lowest BCUT2D eigenvalue weighted by atomic mass is 9.97. The molecule has 0 aromatic rings. The van der Waals surface area contributed by atoms with E-state index in [0.717, 1.165) is 11.3 Å². The Balaban J connectivity index is 1.99. The minimum Gasteiger partial charge on any atom is -0.0595 e. The fourth-order valence-electron chi connectivity index (χ4n) is 2.79. The second-order valence-electron chi connectivity index (χ2n) is 3.91. The van der Waals surface area contributed by atoms with Crippen molar-refractivity contribution in [2.24, 2.45) is 11.3 Å². The van der Waals surface area contributed by atoms with Crippen molar-refractivity contribution in [2.75, 3.05) is 0 Å². The van der Waals surface area contributed by atoms with E-state index in [4.69, 9.17) is 0 Å². The molecule has 3 aliphatic carbocycles. The fourth-order valence-corrected chi connectivity index (χ4v) is 2.79. The molecular weight excluding hydrogens is 108 g/mol. The quantitative estimate of drug-likeness (QED) is 0.431. The maximum atomic E-state index is 2.40. The minimum absolute atomic E-state index is 0.817. The summed E-state index contributed by atoms with van der Waals surface area (Å²) < 4.78 is 0. The molecule has 1 atom stereocenters. The highest BCUT2D eigenvalue weighted by atomic mass is 14.7. The molecule has 0 radical (unpaired) electrons. The van der Waals surface area contributed by atoms with Crippen LogP contribution in [0.3, 0.4) is 0 Å². The van der Waals surface area contributed by atoms with E-state index in [1.54, 1.807) is 0 Å². The van der Waals surface area contributed by atoms with Gasteiger partial charge in [0.2, 0.25) is 0 Å². The van der Waals surface area contributed by atoms with Crippen molar-refractivity contribution < 1.29 is 0 Å². The number of rotatable bonds is 0. The molecule has 3 aliphatic rings. The molecule has 0 unspecified atom stereocenters. The molecule has 0 aromatic carbocycles.